The fourth-order valence-electron chi connectivity index (χ4n) is 3.55. The highest BCUT2D eigenvalue weighted by molar-refractivity contribution is 7.09. The van der Waals surface area contributed by atoms with E-state index < -0.39 is 0 Å². The van der Waals surface area contributed by atoms with Crippen LogP contribution in [-0.4, -0.2) is 69.5 Å². The van der Waals surface area contributed by atoms with Gasteiger partial charge in [0, 0.05) is 56.4 Å². The summed E-state index contributed by atoms with van der Waals surface area (Å²) in [6, 6.07) is 0. The zero-order chi connectivity index (χ0) is 17.2. The van der Waals surface area contributed by atoms with Crippen LogP contribution in [-0.2, 0) is 11.3 Å². The molecule has 0 aliphatic carbocycles. The normalized spacial score (nSPS) is 24.1. The number of aromatic nitrogens is 3. The van der Waals surface area contributed by atoms with Gasteiger partial charge >= 0.3 is 0 Å². The highest BCUT2D eigenvalue weighted by Crippen LogP contribution is 2.25. The van der Waals surface area contributed by atoms with E-state index in [0.29, 0.717) is 31.3 Å². The van der Waals surface area contributed by atoms with Crippen LogP contribution in [0.1, 0.15) is 21.2 Å². The van der Waals surface area contributed by atoms with Gasteiger partial charge in [-0.1, -0.05) is 0 Å². The molecule has 0 aromatic carbocycles. The number of amides is 1. The van der Waals surface area contributed by atoms with Crippen molar-refractivity contribution in [2.75, 3.05) is 32.8 Å². The molecular weight excluding hydrogens is 338 g/mol. The first-order valence-electron chi connectivity index (χ1n) is 8.49. The van der Waals surface area contributed by atoms with Crippen LogP contribution in [0.4, 0.5) is 0 Å². The highest BCUT2D eigenvalue weighted by atomic mass is 32.1. The Hall–Kier alpha value is -1.90. The van der Waals surface area contributed by atoms with Crippen molar-refractivity contribution < 1.29 is 9.53 Å². The Kier molecular flexibility index (Phi) is 4.74. The van der Waals surface area contributed by atoms with Gasteiger partial charge in [0.15, 0.2) is 0 Å². The lowest BCUT2D eigenvalue weighted by molar-refractivity contribution is 0.0482. The van der Waals surface area contributed by atoms with E-state index in [1.165, 1.54) is 6.20 Å². The van der Waals surface area contributed by atoms with Crippen molar-refractivity contribution in [3.8, 4) is 0 Å². The Bertz CT molecular complexity index is 738. The number of ether oxygens (including phenoxy) is 1. The number of rotatable bonds is 3. The van der Waals surface area contributed by atoms with E-state index in [4.69, 9.17) is 4.74 Å². The van der Waals surface area contributed by atoms with Crippen LogP contribution < -0.4 is 0 Å². The second kappa shape index (κ2) is 7.15. The Morgan fingerprint density at radius 1 is 1.36 bits per heavy atom. The molecule has 25 heavy (non-hydrogen) atoms. The Morgan fingerprint density at radius 2 is 2.28 bits per heavy atom. The topological polar surface area (TPSA) is 71.5 Å². The quantitative estimate of drug-likeness (QED) is 0.820. The molecule has 2 aromatic heterocycles. The minimum atomic E-state index is -0.0635. The molecule has 0 bridgehead atoms. The number of hydrogen-bond acceptors (Lipinski definition) is 7. The summed E-state index contributed by atoms with van der Waals surface area (Å²) in [4.78, 5) is 29.5. The molecule has 2 saturated heterocycles. The zero-order valence-electron chi connectivity index (χ0n) is 14.2. The molecule has 4 heterocycles. The largest absolute Gasteiger partial charge is 0.375 e. The summed E-state index contributed by atoms with van der Waals surface area (Å²) < 4.78 is 6.03. The van der Waals surface area contributed by atoms with Crippen molar-refractivity contribution in [1.29, 1.82) is 0 Å². The number of thiazole rings is 1. The highest BCUT2D eigenvalue weighted by Gasteiger charge is 2.39. The summed E-state index contributed by atoms with van der Waals surface area (Å²) in [5, 5.41) is 3.22. The fourth-order valence-corrected chi connectivity index (χ4v) is 4.16. The molecule has 0 radical (unpaired) electrons. The molecule has 4 rings (SSSR count). The van der Waals surface area contributed by atoms with Gasteiger partial charge in [0.05, 0.1) is 29.6 Å². The van der Waals surface area contributed by atoms with Crippen LogP contribution in [0.3, 0.4) is 0 Å². The maximum atomic E-state index is 12.6. The minimum Gasteiger partial charge on any atom is -0.375 e. The van der Waals surface area contributed by atoms with Gasteiger partial charge in [-0.05, 0) is 6.92 Å². The summed E-state index contributed by atoms with van der Waals surface area (Å²) >= 11 is 1.68. The van der Waals surface area contributed by atoms with Crippen LogP contribution in [0, 0.1) is 12.8 Å². The third-order valence-electron chi connectivity index (χ3n) is 4.73. The molecule has 0 unspecified atom stereocenters. The minimum absolute atomic E-state index is 0.0635. The van der Waals surface area contributed by atoms with Gasteiger partial charge in [-0.2, -0.15) is 0 Å². The second-order valence-corrected chi connectivity index (χ2v) is 7.63. The van der Waals surface area contributed by atoms with E-state index >= 15 is 0 Å². The van der Waals surface area contributed by atoms with E-state index in [-0.39, 0.29) is 12.0 Å². The number of nitrogens with zero attached hydrogens (tertiary/aromatic N) is 5. The van der Waals surface area contributed by atoms with E-state index in [1.807, 2.05) is 11.8 Å². The van der Waals surface area contributed by atoms with Gasteiger partial charge in [0.25, 0.3) is 5.91 Å². The Balaban J connectivity index is 1.41. The molecule has 0 spiro atoms. The molecule has 132 valence electrons. The maximum Gasteiger partial charge on any atom is 0.274 e. The summed E-state index contributed by atoms with van der Waals surface area (Å²) in [5.74, 6) is 0.259. The molecule has 2 aliphatic rings. The molecule has 2 aromatic rings. The van der Waals surface area contributed by atoms with E-state index in [9.17, 15) is 4.79 Å². The molecule has 0 N–H and O–H groups in total. The van der Waals surface area contributed by atoms with Crippen molar-refractivity contribution in [3.05, 3.63) is 40.4 Å². The summed E-state index contributed by atoms with van der Waals surface area (Å²) in [6.45, 7) is 6.72. The van der Waals surface area contributed by atoms with E-state index in [2.05, 4.69) is 25.2 Å². The molecule has 2 atom stereocenters. The monoisotopic (exact) mass is 359 g/mol. The van der Waals surface area contributed by atoms with Crippen molar-refractivity contribution in [2.45, 2.75) is 19.6 Å². The van der Waals surface area contributed by atoms with Crippen LogP contribution >= 0.6 is 11.3 Å². The third-order valence-corrected chi connectivity index (χ3v) is 5.56. The van der Waals surface area contributed by atoms with Gasteiger partial charge in [-0.15, -0.1) is 11.3 Å². The van der Waals surface area contributed by atoms with Gasteiger partial charge < -0.3 is 9.64 Å². The van der Waals surface area contributed by atoms with Crippen molar-refractivity contribution >= 4 is 17.2 Å². The lowest BCUT2D eigenvalue weighted by Gasteiger charge is -2.22. The summed E-state index contributed by atoms with van der Waals surface area (Å²) in [6.07, 6.45) is 4.75. The number of carbonyl (C=O) groups is 1. The molecule has 1 amide bonds. The molecule has 8 heteroatoms. The number of fused-ring (bicyclic) bond motifs is 1. The van der Waals surface area contributed by atoms with Gasteiger partial charge in [-0.25, -0.2) is 9.97 Å². The van der Waals surface area contributed by atoms with Crippen LogP contribution in [0.2, 0.25) is 0 Å². The van der Waals surface area contributed by atoms with Gasteiger partial charge in [-0.3, -0.25) is 14.7 Å². The summed E-state index contributed by atoms with van der Waals surface area (Å²) in [5.41, 5.74) is 1.51. The first-order valence-corrected chi connectivity index (χ1v) is 9.37. The average Bonchev–Trinajstić information content (AvgIpc) is 3.16. The number of aryl methyl sites for hydroxylation is 1. The first-order chi connectivity index (χ1) is 12.2. The van der Waals surface area contributed by atoms with Crippen molar-refractivity contribution in [1.82, 2.24) is 24.8 Å². The molecule has 0 saturated carbocycles. The number of carbonyl (C=O) groups excluding carboxylic acids is 1. The van der Waals surface area contributed by atoms with Crippen LogP contribution in [0.15, 0.2) is 24.0 Å². The SMILES string of the molecule is Cc1nc(CN2CCO[C@H]3CN(C(=O)c4cnccn4)C[C@H]3C2)cs1. The smallest absolute Gasteiger partial charge is 0.274 e. The average molecular weight is 359 g/mol. The van der Waals surface area contributed by atoms with Crippen molar-refractivity contribution in [3.63, 3.8) is 0 Å². The zero-order valence-corrected chi connectivity index (χ0v) is 15.0. The fraction of sp³-hybridized carbons (Fsp3) is 0.529. The summed E-state index contributed by atoms with van der Waals surface area (Å²) in [7, 11) is 0. The van der Waals surface area contributed by atoms with E-state index in [1.54, 1.807) is 23.7 Å². The Labute approximate surface area is 150 Å². The number of hydrogen-bond donors (Lipinski definition) is 0. The molecule has 2 fully saturated rings. The molecule has 7 nitrogen and oxygen atoms in total. The van der Waals surface area contributed by atoms with Crippen molar-refractivity contribution in [2.24, 2.45) is 5.92 Å². The van der Waals surface area contributed by atoms with E-state index in [0.717, 1.165) is 30.3 Å². The van der Waals surface area contributed by atoms with Gasteiger partial charge in [0.2, 0.25) is 0 Å². The predicted octanol–water partition coefficient (Wildman–Crippen LogP) is 1.21. The number of likely N-dealkylation sites (tertiary alicyclic amines) is 1. The maximum absolute atomic E-state index is 12.6. The molecular formula is C17H21N5O2S. The van der Waals surface area contributed by atoms with Crippen LogP contribution in [0.5, 0.6) is 0 Å². The lowest BCUT2D eigenvalue weighted by Crippen LogP contribution is -2.34. The second-order valence-electron chi connectivity index (χ2n) is 6.56. The first kappa shape index (κ1) is 16.6. The molecule has 2 aliphatic heterocycles. The predicted molar refractivity (Wildman–Crippen MR) is 93.3 cm³/mol. The van der Waals surface area contributed by atoms with Crippen LogP contribution in [0.25, 0.3) is 0 Å². The lowest BCUT2D eigenvalue weighted by atomic mass is 10.1. The Morgan fingerprint density at radius 3 is 3.04 bits per heavy atom. The third kappa shape index (κ3) is 3.70. The van der Waals surface area contributed by atoms with Gasteiger partial charge in [0.1, 0.15) is 5.69 Å². The standard InChI is InChI=1S/C17H21N5O2S/c1-12-20-14(11-25-12)9-21-4-5-24-16-10-22(8-13(16)7-21)17(23)15-6-18-2-3-19-15/h2-3,6,11,13,16H,4-5,7-10H2,1H3/t13-,16+/m1/s1.